The number of unbranched alkanes of at least 4 members (excludes halogenated alkanes) is 2. The van der Waals surface area contributed by atoms with Crippen LogP contribution in [0.5, 0.6) is 0 Å². The standard InChI is InChI=1S/C11H18F3N3S/c1-4-5-6-7-10(2,3)15-9-17-16-8(18-9)11(12,13)14/h4-7H2,1-3H3,(H,15,17). The summed E-state index contributed by atoms with van der Waals surface area (Å²) in [4.78, 5) is 0. The Labute approximate surface area is 109 Å². The Balaban J connectivity index is 2.58. The number of halogens is 3. The van der Waals surface area contributed by atoms with Crippen LogP contribution in [0.3, 0.4) is 0 Å². The SMILES string of the molecule is CCCCCC(C)(C)Nc1nnc(C(F)(F)F)s1. The number of nitrogens with one attached hydrogen (secondary N) is 1. The molecule has 0 saturated heterocycles. The highest BCUT2D eigenvalue weighted by atomic mass is 32.1. The molecular weight excluding hydrogens is 263 g/mol. The van der Waals surface area contributed by atoms with E-state index in [1.807, 2.05) is 13.8 Å². The van der Waals surface area contributed by atoms with Crippen molar-refractivity contribution in [2.75, 3.05) is 5.32 Å². The first-order chi connectivity index (χ1) is 8.24. The van der Waals surface area contributed by atoms with Crippen LogP contribution in [0.15, 0.2) is 0 Å². The third-order valence-corrected chi connectivity index (χ3v) is 3.40. The predicted octanol–water partition coefficient (Wildman–Crippen LogP) is 4.33. The number of nitrogens with zero attached hydrogens (tertiary/aromatic N) is 2. The summed E-state index contributed by atoms with van der Waals surface area (Å²) in [6, 6.07) is 0. The smallest absolute Gasteiger partial charge is 0.355 e. The van der Waals surface area contributed by atoms with Crippen LogP contribution in [0, 0.1) is 0 Å². The summed E-state index contributed by atoms with van der Waals surface area (Å²) in [6.45, 7) is 6.02. The van der Waals surface area contributed by atoms with Crippen LogP contribution in [0.4, 0.5) is 18.3 Å². The number of anilines is 1. The van der Waals surface area contributed by atoms with Crippen molar-refractivity contribution in [3.8, 4) is 0 Å². The van der Waals surface area contributed by atoms with Crippen molar-refractivity contribution in [1.82, 2.24) is 10.2 Å². The molecule has 0 aliphatic heterocycles. The van der Waals surface area contributed by atoms with Gasteiger partial charge in [0.2, 0.25) is 10.1 Å². The number of aromatic nitrogens is 2. The van der Waals surface area contributed by atoms with Gasteiger partial charge in [0.05, 0.1) is 0 Å². The normalized spacial score (nSPS) is 12.8. The molecule has 3 nitrogen and oxygen atoms in total. The fourth-order valence-corrected chi connectivity index (χ4v) is 2.35. The second-order valence-corrected chi connectivity index (χ2v) is 5.85. The quantitative estimate of drug-likeness (QED) is 0.789. The largest absolute Gasteiger partial charge is 0.445 e. The Hall–Kier alpha value is -0.850. The first-order valence-electron chi connectivity index (χ1n) is 5.93. The lowest BCUT2D eigenvalue weighted by molar-refractivity contribution is -0.138. The monoisotopic (exact) mass is 281 g/mol. The van der Waals surface area contributed by atoms with Crippen molar-refractivity contribution in [1.29, 1.82) is 0 Å². The van der Waals surface area contributed by atoms with Crippen LogP contribution in [-0.2, 0) is 6.18 Å². The maximum Gasteiger partial charge on any atom is 0.445 e. The van der Waals surface area contributed by atoms with E-state index in [-0.39, 0.29) is 10.7 Å². The molecule has 1 N–H and O–H groups in total. The molecule has 0 bridgehead atoms. The minimum atomic E-state index is -4.41. The van der Waals surface area contributed by atoms with E-state index in [2.05, 4.69) is 22.4 Å². The van der Waals surface area contributed by atoms with E-state index in [9.17, 15) is 13.2 Å². The fourth-order valence-electron chi connectivity index (χ4n) is 1.56. The van der Waals surface area contributed by atoms with Gasteiger partial charge < -0.3 is 5.32 Å². The molecule has 1 heterocycles. The first kappa shape index (κ1) is 15.2. The number of hydrogen-bond donors (Lipinski definition) is 1. The minimum absolute atomic E-state index is 0.226. The molecule has 104 valence electrons. The third kappa shape index (κ3) is 4.80. The van der Waals surface area contributed by atoms with Crippen molar-refractivity contribution >= 4 is 16.5 Å². The minimum Gasteiger partial charge on any atom is -0.355 e. The predicted molar refractivity (Wildman–Crippen MR) is 66.8 cm³/mol. The fraction of sp³-hybridized carbons (Fsp3) is 0.818. The van der Waals surface area contributed by atoms with E-state index in [0.29, 0.717) is 11.3 Å². The van der Waals surface area contributed by atoms with E-state index in [0.717, 1.165) is 25.7 Å². The molecule has 0 aromatic carbocycles. The molecule has 1 aromatic heterocycles. The summed E-state index contributed by atoms with van der Waals surface area (Å²) >= 11 is 0.548. The second kappa shape index (κ2) is 5.86. The van der Waals surface area contributed by atoms with Gasteiger partial charge in [-0.3, -0.25) is 0 Å². The lowest BCUT2D eigenvalue weighted by Gasteiger charge is -2.25. The molecule has 0 radical (unpaired) electrons. The molecule has 0 saturated carbocycles. The van der Waals surface area contributed by atoms with Crippen LogP contribution in [0.25, 0.3) is 0 Å². The third-order valence-electron chi connectivity index (χ3n) is 2.52. The lowest BCUT2D eigenvalue weighted by Crippen LogP contribution is -2.30. The Morgan fingerprint density at radius 1 is 1.17 bits per heavy atom. The topological polar surface area (TPSA) is 37.8 Å². The zero-order chi connectivity index (χ0) is 13.8. The van der Waals surface area contributed by atoms with Crippen molar-refractivity contribution in [2.45, 2.75) is 58.2 Å². The Morgan fingerprint density at radius 3 is 2.33 bits per heavy atom. The maximum absolute atomic E-state index is 12.4. The highest BCUT2D eigenvalue weighted by Gasteiger charge is 2.36. The van der Waals surface area contributed by atoms with Gasteiger partial charge in [0.15, 0.2) is 0 Å². The summed E-state index contributed by atoms with van der Waals surface area (Å²) in [5.41, 5.74) is -0.266. The molecular formula is C11H18F3N3S. The van der Waals surface area contributed by atoms with E-state index < -0.39 is 11.2 Å². The number of hydrogen-bond acceptors (Lipinski definition) is 4. The van der Waals surface area contributed by atoms with Crippen molar-refractivity contribution in [2.24, 2.45) is 0 Å². The Bertz CT molecular complexity index is 374. The molecule has 7 heteroatoms. The van der Waals surface area contributed by atoms with Crippen molar-refractivity contribution in [3.63, 3.8) is 0 Å². The Morgan fingerprint density at radius 2 is 1.83 bits per heavy atom. The zero-order valence-corrected chi connectivity index (χ0v) is 11.6. The summed E-state index contributed by atoms with van der Waals surface area (Å²) in [5, 5.41) is 9.01. The van der Waals surface area contributed by atoms with Gasteiger partial charge in [-0.25, -0.2) is 0 Å². The first-order valence-corrected chi connectivity index (χ1v) is 6.75. The highest BCUT2D eigenvalue weighted by Crippen LogP contribution is 2.34. The summed E-state index contributed by atoms with van der Waals surface area (Å²) in [7, 11) is 0. The van der Waals surface area contributed by atoms with Crippen molar-refractivity contribution in [3.05, 3.63) is 5.01 Å². The number of rotatable bonds is 6. The molecule has 1 aromatic rings. The van der Waals surface area contributed by atoms with E-state index in [1.165, 1.54) is 0 Å². The molecule has 0 aliphatic carbocycles. The van der Waals surface area contributed by atoms with Crippen molar-refractivity contribution < 1.29 is 13.2 Å². The average Bonchev–Trinajstić information content (AvgIpc) is 2.65. The van der Waals surface area contributed by atoms with E-state index in [4.69, 9.17) is 0 Å². The van der Waals surface area contributed by atoms with Crippen LogP contribution in [0.1, 0.15) is 51.5 Å². The molecule has 0 fully saturated rings. The molecule has 1 rings (SSSR count). The molecule has 0 amide bonds. The molecule has 0 unspecified atom stereocenters. The second-order valence-electron chi connectivity index (χ2n) is 4.88. The van der Waals surface area contributed by atoms with Gasteiger partial charge >= 0.3 is 6.18 Å². The highest BCUT2D eigenvalue weighted by molar-refractivity contribution is 7.15. The number of alkyl halides is 3. The van der Waals surface area contributed by atoms with Gasteiger partial charge in [-0.15, -0.1) is 10.2 Å². The van der Waals surface area contributed by atoms with Gasteiger partial charge in [0, 0.05) is 5.54 Å². The van der Waals surface area contributed by atoms with Crippen LogP contribution >= 0.6 is 11.3 Å². The van der Waals surface area contributed by atoms with E-state index in [1.54, 1.807) is 0 Å². The summed E-state index contributed by atoms with van der Waals surface area (Å²) in [5.74, 6) is 0. The van der Waals surface area contributed by atoms with Gasteiger partial charge in [-0.2, -0.15) is 13.2 Å². The maximum atomic E-state index is 12.4. The van der Waals surface area contributed by atoms with Gasteiger partial charge in [0.1, 0.15) is 0 Å². The van der Waals surface area contributed by atoms with Gasteiger partial charge in [0.25, 0.3) is 0 Å². The Kier molecular flexibility index (Phi) is 4.95. The van der Waals surface area contributed by atoms with Crippen LogP contribution < -0.4 is 5.32 Å². The van der Waals surface area contributed by atoms with Crippen LogP contribution in [-0.4, -0.2) is 15.7 Å². The van der Waals surface area contributed by atoms with Gasteiger partial charge in [-0.1, -0.05) is 37.5 Å². The van der Waals surface area contributed by atoms with Gasteiger partial charge in [-0.05, 0) is 20.3 Å². The molecule has 0 atom stereocenters. The van der Waals surface area contributed by atoms with Crippen LogP contribution in [0.2, 0.25) is 0 Å². The average molecular weight is 281 g/mol. The summed E-state index contributed by atoms with van der Waals surface area (Å²) in [6.07, 6.45) is -0.241. The summed E-state index contributed by atoms with van der Waals surface area (Å²) < 4.78 is 37.1. The molecule has 0 aliphatic rings. The lowest BCUT2D eigenvalue weighted by atomic mass is 9.97. The molecule has 18 heavy (non-hydrogen) atoms. The zero-order valence-electron chi connectivity index (χ0n) is 10.8. The van der Waals surface area contributed by atoms with E-state index >= 15 is 0 Å². The molecule has 0 spiro atoms.